The molecule has 1 rings (SSSR count). The van der Waals surface area contributed by atoms with Crippen LogP contribution in [0.15, 0.2) is 36.4 Å². The SMILES string of the molecule is CNCc1cccc(C[C@@H](NC(=O)/C=C/C(C)=O)C(=O)O)c1. The number of carboxylic acid groups (broad SMARTS) is 1. The quantitative estimate of drug-likeness (QED) is 0.613. The summed E-state index contributed by atoms with van der Waals surface area (Å²) in [6.07, 6.45) is 2.31. The molecule has 0 aromatic heterocycles. The van der Waals surface area contributed by atoms with Crippen LogP contribution in [0.2, 0.25) is 0 Å². The Morgan fingerprint density at radius 2 is 1.91 bits per heavy atom. The van der Waals surface area contributed by atoms with E-state index in [9.17, 15) is 19.5 Å². The van der Waals surface area contributed by atoms with Crippen LogP contribution < -0.4 is 10.6 Å². The van der Waals surface area contributed by atoms with Gasteiger partial charge in [0.1, 0.15) is 6.04 Å². The second-order valence-electron chi connectivity index (χ2n) is 4.90. The van der Waals surface area contributed by atoms with Crippen molar-refractivity contribution in [3.63, 3.8) is 0 Å². The fourth-order valence-electron chi connectivity index (χ4n) is 1.92. The van der Waals surface area contributed by atoms with Gasteiger partial charge in [-0.25, -0.2) is 4.79 Å². The number of carboxylic acids is 1. The van der Waals surface area contributed by atoms with Gasteiger partial charge in [0.25, 0.3) is 0 Å². The first-order chi connectivity index (χ1) is 10.4. The Kier molecular flexibility index (Phi) is 6.98. The van der Waals surface area contributed by atoms with Crippen LogP contribution in [0.3, 0.4) is 0 Å². The number of carbonyl (C=O) groups is 3. The molecule has 0 radical (unpaired) electrons. The number of amides is 1. The Morgan fingerprint density at radius 1 is 1.23 bits per heavy atom. The number of rotatable bonds is 8. The maximum Gasteiger partial charge on any atom is 0.326 e. The molecule has 1 amide bonds. The fourth-order valence-corrected chi connectivity index (χ4v) is 1.92. The average Bonchev–Trinajstić information content (AvgIpc) is 2.45. The number of aliphatic carboxylic acids is 1. The average molecular weight is 304 g/mol. The van der Waals surface area contributed by atoms with E-state index >= 15 is 0 Å². The van der Waals surface area contributed by atoms with Gasteiger partial charge in [-0.3, -0.25) is 9.59 Å². The van der Waals surface area contributed by atoms with Crippen molar-refractivity contribution in [2.24, 2.45) is 0 Å². The summed E-state index contributed by atoms with van der Waals surface area (Å²) in [7, 11) is 1.83. The maximum absolute atomic E-state index is 11.6. The highest BCUT2D eigenvalue weighted by molar-refractivity contribution is 5.97. The Labute approximate surface area is 129 Å². The lowest BCUT2D eigenvalue weighted by Crippen LogP contribution is -2.41. The molecule has 0 fully saturated rings. The zero-order chi connectivity index (χ0) is 16.5. The van der Waals surface area contributed by atoms with Crippen LogP contribution in [0.4, 0.5) is 0 Å². The van der Waals surface area contributed by atoms with E-state index in [1.165, 1.54) is 6.92 Å². The number of benzene rings is 1. The van der Waals surface area contributed by atoms with E-state index in [4.69, 9.17) is 0 Å². The number of carbonyl (C=O) groups excluding carboxylic acids is 2. The van der Waals surface area contributed by atoms with Crippen LogP contribution in [0.5, 0.6) is 0 Å². The van der Waals surface area contributed by atoms with E-state index in [0.29, 0.717) is 6.54 Å². The molecule has 1 aromatic carbocycles. The molecule has 118 valence electrons. The molecule has 1 atom stereocenters. The minimum atomic E-state index is -1.12. The summed E-state index contributed by atoms with van der Waals surface area (Å²) in [5, 5.41) is 14.6. The van der Waals surface area contributed by atoms with Crippen LogP contribution in [0.1, 0.15) is 18.1 Å². The predicted octanol–water partition coefficient (Wildman–Crippen LogP) is 0.663. The van der Waals surface area contributed by atoms with E-state index in [-0.39, 0.29) is 12.2 Å². The Bertz CT molecular complexity index is 581. The molecule has 0 aliphatic carbocycles. The van der Waals surface area contributed by atoms with Crippen LogP contribution in [-0.2, 0) is 27.3 Å². The zero-order valence-electron chi connectivity index (χ0n) is 12.6. The van der Waals surface area contributed by atoms with Crippen LogP contribution in [0.25, 0.3) is 0 Å². The van der Waals surface area contributed by atoms with Gasteiger partial charge in [-0.15, -0.1) is 0 Å². The first kappa shape index (κ1) is 17.6. The number of ketones is 1. The lowest BCUT2D eigenvalue weighted by Gasteiger charge is -2.14. The standard InChI is InChI=1S/C16H20N2O4/c1-11(19)6-7-15(20)18-14(16(21)22)9-12-4-3-5-13(8-12)10-17-2/h3-8,14,17H,9-10H2,1-2H3,(H,18,20)(H,21,22)/b7-6+/t14-/m1/s1. The number of nitrogens with one attached hydrogen (secondary N) is 2. The zero-order valence-corrected chi connectivity index (χ0v) is 12.6. The third-order valence-corrected chi connectivity index (χ3v) is 2.90. The van der Waals surface area contributed by atoms with Gasteiger partial charge in [0.05, 0.1) is 0 Å². The molecular formula is C16H20N2O4. The molecule has 3 N–H and O–H groups in total. The molecule has 0 aliphatic rings. The van der Waals surface area contributed by atoms with Crippen molar-refractivity contribution in [3.8, 4) is 0 Å². The van der Waals surface area contributed by atoms with Gasteiger partial charge in [-0.1, -0.05) is 24.3 Å². The topological polar surface area (TPSA) is 95.5 Å². The fraction of sp³-hybridized carbons (Fsp3) is 0.312. The minimum Gasteiger partial charge on any atom is -0.480 e. The van der Waals surface area contributed by atoms with Gasteiger partial charge >= 0.3 is 5.97 Å². The monoisotopic (exact) mass is 304 g/mol. The summed E-state index contributed by atoms with van der Waals surface area (Å²) in [6.45, 7) is 1.99. The van der Waals surface area contributed by atoms with E-state index in [0.717, 1.165) is 23.3 Å². The largest absolute Gasteiger partial charge is 0.480 e. The Balaban J connectivity index is 2.76. The third kappa shape index (κ3) is 6.32. The van der Waals surface area contributed by atoms with Crippen molar-refractivity contribution in [1.82, 2.24) is 10.6 Å². The molecular weight excluding hydrogens is 284 g/mol. The summed E-state index contributed by atoms with van der Waals surface area (Å²) in [5.74, 6) is -2.00. The van der Waals surface area contributed by atoms with Crippen molar-refractivity contribution in [1.29, 1.82) is 0 Å². The molecule has 0 aliphatic heterocycles. The van der Waals surface area contributed by atoms with E-state index in [1.807, 2.05) is 31.3 Å². The second-order valence-corrected chi connectivity index (χ2v) is 4.90. The highest BCUT2D eigenvalue weighted by Gasteiger charge is 2.19. The molecule has 0 bridgehead atoms. The van der Waals surface area contributed by atoms with E-state index in [2.05, 4.69) is 10.6 Å². The van der Waals surface area contributed by atoms with Crippen molar-refractivity contribution in [2.75, 3.05) is 7.05 Å². The Morgan fingerprint density at radius 3 is 2.50 bits per heavy atom. The maximum atomic E-state index is 11.6. The van der Waals surface area contributed by atoms with Gasteiger partial charge in [0.15, 0.2) is 5.78 Å². The highest BCUT2D eigenvalue weighted by Crippen LogP contribution is 2.08. The highest BCUT2D eigenvalue weighted by atomic mass is 16.4. The first-order valence-electron chi connectivity index (χ1n) is 6.86. The molecule has 0 saturated heterocycles. The third-order valence-electron chi connectivity index (χ3n) is 2.90. The second kappa shape index (κ2) is 8.74. The molecule has 0 saturated carbocycles. The van der Waals surface area contributed by atoms with Crippen molar-refractivity contribution in [2.45, 2.75) is 25.9 Å². The molecule has 6 heteroatoms. The molecule has 1 aromatic rings. The van der Waals surface area contributed by atoms with E-state index in [1.54, 1.807) is 0 Å². The summed E-state index contributed by atoms with van der Waals surface area (Å²) in [6, 6.07) is 6.44. The molecule has 22 heavy (non-hydrogen) atoms. The van der Waals surface area contributed by atoms with E-state index < -0.39 is 17.9 Å². The smallest absolute Gasteiger partial charge is 0.326 e. The van der Waals surface area contributed by atoms with Gasteiger partial charge in [-0.2, -0.15) is 0 Å². The van der Waals surface area contributed by atoms with Gasteiger partial charge < -0.3 is 15.7 Å². The van der Waals surface area contributed by atoms with Gasteiger partial charge in [0, 0.05) is 19.0 Å². The summed E-state index contributed by atoms with van der Waals surface area (Å²) in [5.41, 5.74) is 1.85. The minimum absolute atomic E-state index is 0.173. The van der Waals surface area contributed by atoms with Crippen LogP contribution in [-0.4, -0.2) is 35.9 Å². The first-order valence-corrected chi connectivity index (χ1v) is 6.86. The lowest BCUT2D eigenvalue weighted by atomic mass is 10.0. The van der Waals surface area contributed by atoms with Crippen molar-refractivity contribution in [3.05, 3.63) is 47.5 Å². The molecule has 0 unspecified atom stereocenters. The number of hydrogen-bond donors (Lipinski definition) is 3. The molecule has 6 nitrogen and oxygen atoms in total. The van der Waals surface area contributed by atoms with Gasteiger partial charge in [0.2, 0.25) is 5.91 Å². The van der Waals surface area contributed by atoms with Crippen molar-refractivity contribution >= 4 is 17.7 Å². The number of hydrogen-bond acceptors (Lipinski definition) is 4. The van der Waals surface area contributed by atoms with Crippen LogP contribution >= 0.6 is 0 Å². The molecule has 0 heterocycles. The normalized spacial score (nSPS) is 12.1. The number of allylic oxidation sites excluding steroid dienone is 1. The molecule has 0 spiro atoms. The summed E-state index contributed by atoms with van der Waals surface area (Å²) in [4.78, 5) is 33.6. The van der Waals surface area contributed by atoms with Crippen LogP contribution in [0, 0.1) is 0 Å². The Hall–Kier alpha value is -2.47. The van der Waals surface area contributed by atoms with Crippen molar-refractivity contribution < 1.29 is 19.5 Å². The lowest BCUT2D eigenvalue weighted by molar-refractivity contribution is -0.141. The summed E-state index contributed by atoms with van der Waals surface area (Å²) < 4.78 is 0. The summed E-state index contributed by atoms with van der Waals surface area (Å²) >= 11 is 0. The van der Waals surface area contributed by atoms with Gasteiger partial charge in [-0.05, 0) is 31.2 Å². The predicted molar refractivity (Wildman–Crippen MR) is 82.3 cm³/mol.